The van der Waals surface area contributed by atoms with Gasteiger partial charge < -0.3 is 15.0 Å². The highest BCUT2D eigenvalue weighted by molar-refractivity contribution is 7.89. The minimum atomic E-state index is -3.70. The summed E-state index contributed by atoms with van der Waals surface area (Å²) >= 11 is 0. The Hall–Kier alpha value is -2.75. The number of morpholine rings is 1. The minimum absolute atomic E-state index is 0.0885. The van der Waals surface area contributed by atoms with E-state index in [0.717, 1.165) is 18.4 Å². The summed E-state index contributed by atoms with van der Waals surface area (Å²) < 4.78 is 33.3. The van der Waals surface area contributed by atoms with Gasteiger partial charge in [-0.15, -0.1) is 0 Å². The standard InChI is InChI=1S/C26H33N3O5S/c1-19-17-29(18-20(2)34-19)35(32,33)23-12-10-22(11-13-23)25(30)27-24(16-21-8-4-3-5-9-21)26(31)28-14-6-7-15-28/h3-5,8-13,19-20,24H,6-7,14-18H2,1-2H3,(H,27,30)/t19-,20-,24+/m1/s1. The molecule has 2 aromatic rings. The smallest absolute Gasteiger partial charge is 0.251 e. The molecule has 0 aromatic heterocycles. The first-order valence-corrected chi connectivity index (χ1v) is 13.6. The highest BCUT2D eigenvalue weighted by Gasteiger charge is 2.32. The molecule has 2 aromatic carbocycles. The van der Waals surface area contributed by atoms with Crippen molar-refractivity contribution in [1.29, 1.82) is 0 Å². The Balaban J connectivity index is 1.48. The van der Waals surface area contributed by atoms with Gasteiger partial charge in [-0.25, -0.2) is 8.42 Å². The molecule has 2 aliphatic heterocycles. The largest absolute Gasteiger partial charge is 0.373 e. The normalized spacial score (nSPS) is 22.1. The molecule has 1 N–H and O–H groups in total. The number of benzene rings is 2. The van der Waals surface area contributed by atoms with Crippen LogP contribution < -0.4 is 5.32 Å². The van der Waals surface area contributed by atoms with E-state index in [1.165, 1.54) is 28.6 Å². The van der Waals surface area contributed by atoms with E-state index in [0.29, 0.717) is 25.1 Å². The molecule has 2 saturated heterocycles. The fourth-order valence-corrected chi connectivity index (χ4v) is 6.29. The summed E-state index contributed by atoms with van der Waals surface area (Å²) in [5.74, 6) is -0.495. The summed E-state index contributed by atoms with van der Waals surface area (Å²) in [7, 11) is -3.70. The van der Waals surface area contributed by atoms with E-state index in [-0.39, 0.29) is 36.1 Å². The van der Waals surface area contributed by atoms with Crippen molar-refractivity contribution in [3.05, 3.63) is 65.7 Å². The Bertz CT molecular complexity index is 1120. The number of rotatable bonds is 7. The highest BCUT2D eigenvalue weighted by atomic mass is 32.2. The zero-order valence-corrected chi connectivity index (χ0v) is 21.0. The summed E-state index contributed by atoms with van der Waals surface area (Å²) in [6.45, 7) is 5.67. The summed E-state index contributed by atoms with van der Waals surface area (Å²) in [5, 5.41) is 2.89. The first-order chi connectivity index (χ1) is 16.7. The second-order valence-electron chi connectivity index (χ2n) is 9.35. The van der Waals surface area contributed by atoms with Crippen LogP contribution >= 0.6 is 0 Å². The molecule has 8 nitrogen and oxygen atoms in total. The maximum atomic E-state index is 13.1. The van der Waals surface area contributed by atoms with Crippen molar-refractivity contribution in [3.8, 4) is 0 Å². The van der Waals surface area contributed by atoms with Gasteiger partial charge in [0.25, 0.3) is 5.91 Å². The number of nitrogens with zero attached hydrogens (tertiary/aromatic N) is 2. The zero-order chi connectivity index (χ0) is 25.0. The van der Waals surface area contributed by atoms with Crippen LogP contribution in [0.3, 0.4) is 0 Å². The molecule has 2 fully saturated rings. The second-order valence-corrected chi connectivity index (χ2v) is 11.3. The zero-order valence-electron chi connectivity index (χ0n) is 20.2. The molecule has 0 bridgehead atoms. The lowest BCUT2D eigenvalue weighted by molar-refractivity contribution is -0.132. The molecular formula is C26H33N3O5S. The van der Waals surface area contributed by atoms with Crippen molar-refractivity contribution in [2.75, 3.05) is 26.2 Å². The van der Waals surface area contributed by atoms with Crippen LogP contribution in [0.4, 0.5) is 0 Å². The quantitative estimate of drug-likeness (QED) is 0.631. The van der Waals surface area contributed by atoms with Crippen molar-refractivity contribution >= 4 is 21.8 Å². The fraction of sp³-hybridized carbons (Fsp3) is 0.462. The van der Waals surface area contributed by atoms with Crippen LogP contribution in [0.15, 0.2) is 59.5 Å². The second kappa shape index (κ2) is 10.9. The van der Waals surface area contributed by atoms with Crippen molar-refractivity contribution in [2.24, 2.45) is 0 Å². The molecule has 0 unspecified atom stereocenters. The molecule has 3 atom stereocenters. The number of carbonyl (C=O) groups excluding carboxylic acids is 2. The number of sulfonamides is 1. The summed E-state index contributed by atoms with van der Waals surface area (Å²) in [6, 6.07) is 14.8. The lowest BCUT2D eigenvalue weighted by Crippen LogP contribution is -2.49. The SMILES string of the molecule is C[C@@H]1CN(S(=O)(=O)c2ccc(C(=O)N[C@@H](Cc3ccccc3)C(=O)N3CCCC3)cc2)C[C@@H](C)O1. The molecule has 2 aliphatic rings. The van der Waals surface area contributed by atoms with E-state index in [1.54, 1.807) is 4.90 Å². The Kier molecular flexibility index (Phi) is 7.88. The van der Waals surface area contributed by atoms with Crippen LogP contribution in [0.1, 0.15) is 42.6 Å². The molecule has 35 heavy (non-hydrogen) atoms. The van der Waals surface area contributed by atoms with Gasteiger partial charge in [-0.3, -0.25) is 9.59 Å². The van der Waals surface area contributed by atoms with Crippen LogP contribution in [-0.2, 0) is 26.0 Å². The molecule has 4 rings (SSSR count). The monoisotopic (exact) mass is 499 g/mol. The van der Waals surface area contributed by atoms with Crippen molar-refractivity contribution in [3.63, 3.8) is 0 Å². The number of likely N-dealkylation sites (tertiary alicyclic amines) is 1. The molecule has 2 amide bonds. The van der Waals surface area contributed by atoms with E-state index in [9.17, 15) is 18.0 Å². The van der Waals surface area contributed by atoms with Gasteiger partial charge in [-0.1, -0.05) is 30.3 Å². The van der Waals surface area contributed by atoms with Gasteiger partial charge >= 0.3 is 0 Å². The summed E-state index contributed by atoms with van der Waals surface area (Å²) in [5.41, 5.74) is 1.26. The molecule has 0 spiro atoms. The van der Waals surface area contributed by atoms with Crippen molar-refractivity contribution < 1.29 is 22.7 Å². The number of nitrogens with one attached hydrogen (secondary N) is 1. The first kappa shape index (κ1) is 25.3. The van der Waals surface area contributed by atoms with Crippen molar-refractivity contribution in [1.82, 2.24) is 14.5 Å². The van der Waals surface area contributed by atoms with E-state index in [4.69, 9.17) is 4.74 Å². The van der Waals surface area contributed by atoms with Gasteiger partial charge in [-0.05, 0) is 56.5 Å². The Morgan fingerprint density at radius 1 is 0.971 bits per heavy atom. The average Bonchev–Trinajstić information content (AvgIpc) is 3.38. The Morgan fingerprint density at radius 3 is 2.17 bits per heavy atom. The van der Waals surface area contributed by atoms with E-state index in [1.807, 2.05) is 44.2 Å². The van der Waals surface area contributed by atoms with Gasteiger partial charge in [-0.2, -0.15) is 4.31 Å². The minimum Gasteiger partial charge on any atom is -0.373 e. The van der Waals surface area contributed by atoms with Gasteiger partial charge in [0, 0.05) is 38.2 Å². The van der Waals surface area contributed by atoms with Crippen LogP contribution in [0.2, 0.25) is 0 Å². The third-order valence-electron chi connectivity index (χ3n) is 6.44. The lowest BCUT2D eigenvalue weighted by atomic mass is 10.0. The predicted molar refractivity (Wildman–Crippen MR) is 132 cm³/mol. The number of hydrogen-bond acceptors (Lipinski definition) is 5. The highest BCUT2D eigenvalue weighted by Crippen LogP contribution is 2.22. The maximum absolute atomic E-state index is 13.1. The predicted octanol–water partition coefficient (Wildman–Crippen LogP) is 2.45. The van der Waals surface area contributed by atoms with Gasteiger partial charge in [0.05, 0.1) is 17.1 Å². The molecular weight excluding hydrogens is 466 g/mol. The first-order valence-electron chi connectivity index (χ1n) is 12.1. The van der Waals surface area contributed by atoms with E-state index >= 15 is 0 Å². The Labute approximate surface area is 207 Å². The van der Waals surface area contributed by atoms with Crippen LogP contribution in [0.5, 0.6) is 0 Å². The average molecular weight is 500 g/mol. The third-order valence-corrected chi connectivity index (χ3v) is 8.29. The number of hydrogen-bond donors (Lipinski definition) is 1. The maximum Gasteiger partial charge on any atom is 0.251 e. The summed E-state index contributed by atoms with van der Waals surface area (Å²) in [6.07, 6.45) is 1.95. The lowest BCUT2D eigenvalue weighted by Gasteiger charge is -2.34. The van der Waals surface area contributed by atoms with E-state index in [2.05, 4.69) is 5.32 Å². The fourth-order valence-electron chi connectivity index (χ4n) is 4.70. The summed E-state index contributed by atoms with van der Waals surface area (Å²) in [4.78, 5) is 28.1. The van der Waals surface area contributed by atoms with Gasteiger partial charge in [0.15, 0.2) is 0 Å². The van der Waals surface area contributed by atoms with Crippen LogP contribution in [0, 0.1) is 0 Å². The van der Waals surface area contributed by atoms with Crippen LogP contribution in [-0.4, -0.2) is 73.9 Å². The van der Waals surface area contributed by atoms with Gasteiger partial charge in [0.1, 0.15) is 6.04 Å². The Morgan fingerprint density at radius 2 is 1.57 bits per heavy atom. The molecule has 0 saturated carbocycles. The number of ether oxygens (including phenoxy) is 1. The topological polar surface area (TPSA) is 96.0 Å². The molecule has 188 valence electrons. The molecule has 2 heterocycles. The van der Waals surface area contributed by atoms with Crippen molar-refractivity contribution in [2.45, 2.75) is 56.3 Å². The molecule has 0 aliphatic carbocycles. The van der Waals surface area contributed by atoms with Crippen LogP contribution in [0.25, 0.3) is 0 Å². The molecule has 9 heteroatoms. The van der Waals surface area contributed by atoms with Gasteiger partial charge in [0.2, 0.25) is 15.9 Å². The number of carbonyl (C=O) groups is 2. The third kappa shape index (κ3) is 6.09. The number of amides is 2. The molecule has 0 radical (unpaired) electrons. The van der Waals surface area contributed by atoms with E-state index < -0.39 is 22.0 Å².